The number of carbonyl (C=O) groups is 2. The molecule has 2 aromatic carbocycles. The number of piperidine rings is 1. The number of hydrogen-bond acceptors (Lipinski definition) is 7. The van der Waals surface area contributed by atoms with Gasteiger partial charge in [-0.15, -0.1) is 0 Å². The third kappa shape index (κ3) is 7.10. The van der Waals surface area contributed by atoms with E-state index in [-0.39, 0.29) is 29.0 Å². The maximum absolute atomic E-state index is 14.9. The van der Waals surface area contributed by atoms with Gasteiger partial charge in [-0.25, -0.2) is 14.4 Å². The summed E-state index contributed by atoms with van der Waals surface area (Å²) in [5.74, 6) is -3.35. The number of likely N-dealkylation sites (N-methyl/N-ethyl adjacent to an activating group) is 1. The van der Waals surface area contributed by atoms with Crippen molar-refractivity contribution in [3.8, 4) is 17.0 Å². The van der Waals surface area contributed by atoms with E-state index in [9.17, 15) is 27.2 Å². The summed E-state index contributed by atoms with van der Waals surface area (Å²) in [4.78, 5) is 39.4. The van der Waals surface area contributed by atoms with E-state index in [1.807, 2.05) is 17.9 Å². The molecule has 2 saturated heterocycles. The van der Waals surface area contributed by atoms with Gasteiger partial charge in [0.25, 0.3) is 5.91 Å². The monoisotopic (exact) mass is 697 g/mol. The molecule has 266 valence electrons. The Hall–Kier alpha value is -4.76. The van der Waals surface area contributed by atoms with Gasteiger partial charge in [0.15, 0.2) is 23.0 Å². The summed E-state index contributed by atoms with van der Waals surface area (Å²) in [5.41, 5.74) is 8.09. The van der Waals surface area contributed by atoms with Crippen molar-refractivity contribution in [3.05, 3.63) is 71.7 Å². The van der Waals surface area contributed by atoms with E-state index in [1.54, 1.807) is 17.0 Å². The molecule has 0 bridgehead atoms. The van der Waals surface area contributed by atoms with Gasteiger partial charge < -0.3 is 30.1 Å². The maximum Gasteiger partial charge on any atom is 0.387 e. The normalized spacial score (nSPS) is 19.6. The van der Waals surface area contributed by atoms with Crippen LogP contribution >= 0.6 is 0 Å². The van der Waals surface area contributed by atoms with Gasteiger partial charge in [-0.2, -0.15) is 13.2 Å². The Balaban J connectivity index is 1.12. The van der Waals surface area contributed by atoms with Crippen molar-refractivity contribution >= 4 is 29.0 Å². The molecule has 15 heteroatoms. The number of nitrogens with one attached hydrogen (secondary N) is 1. The summed E-state index contributed by atoms with van der Waals surface area (Å²) >= 11 is 0. The predicted octanol–water partition coefficient (Wildman–Crippen LogP) is 4.68. The summed E-state index contributed by atoms with van der Waals surface area (Å²) in [6, 6.07) is 7.46. The number of nitrogens with two attached hydrogens (primary N) is 1. The fraction of sp³-hybridized carbons (Fsp3) is 0.429. The molecule has 2 amide bonds. The number of anilines is 2. The number of imidazole rings is 1. The minimum atomic E-state index is -3.30. The fourth-order valence-corrected chi connectivity index (χ4v) is 6.96. The van der Waals surface area contributed by atoms with Crippen LogP contribution < -0.4 is 15.8 Å². The van der Waals surface area contributed by atoms with Crippen molar-refractivity contribution < 1.29 is 36.4 Å². The summed E-state index contributed by atoms with van der Waals surface area (Å²) in [6.07, 6.45) is 6.59. The van der Waals surface area contributed by atoms with E-state index in [2.05, 4.69) is 27.1 Å². The minimum absolute atomic E-state index is 0.0211. The molecule has 2 aromatic heterocycles. The molecular formula is C35H41F4N8O3+. The number of carbonyl (C=O) groups excluding carboxylic acids is 2. The maximum atomic E-state index is 14.9. The highest BCUT2D eigenvalue weighted by molar-refractivity contribution is 5.96. The highest BCUT2D eigenvalue weighted by atomic mass is 19.3. The summed E-state index contributed by atoms with van der Waals surface area (Å²) < 4.78 is 61.1. The highest BCUT2D eigenvalue weighted by Gasteiger charge is 2.36. The molecule has 0 radical (unpaired) electrons. The molecular weight excluding hydrogens is 656 g/mol. The molecule has 6 rings (SSSR count). The standard InChI is InChI=1S/C35H40F4N8O3/c1-3-22-20-24(43-31-32-42-21-27(46(32)12-11-41-31)26-6-7-28(50-35(38)39)30(37)29(26)36)4-5-25(22)34(49)45-15-13-44(14-16-45)33(48)23-8-17-47(2,18-9-23)19-10-40/h4-7,11-12,20-21,23,35H,3,8-10,13-19,40H2,1-2H3/p+1. The zero-order chi connectivity index (χ0) is 35.6. The number of hydrogen-bond donors (Lipinski definition) is 2. The van der Waals surface area contributed by atoms with Crippen LogP contribution in [-0.4, -0.2) is 106 Å². The van der Waals surface area contributed by atoms with Crippen molar-refractivity contribution in [1.29, 1.82) is 0 Å². The number of benzene rings is 2. The molecule has 2 aliphatic heterocycles. The first-order valence-electron chi connectivity index (χ1n) is 16.8. The number of halogens is 4. The lowest BCUT2D eigenvalue weighted by molar-refractivity contribution is -0.913. The van der Waals surface area contributed by atoms with Crippen LogP contribution in [0.5, 0.6) is 5.75 Å². The van der Waals surface area contributed by atoms with Crippen LogP contribution in [0.3, 0.4) is 0 Å². The number of alkyl halides is 2. The van der Waals surface area contributed by atoms with Crippen molar-refractivity contribution in [2.75, 3.05) is 64.7 Å². The van der Waals surface area contributed by atoms with Crippen LogP contribution in [0, 0.1) is 17.6 Å². The van der Waals surface area contributed by atoms with Crippen LogP contribution in [0.15, 0.2) is 48.9 Å². The van der Waals surface area contributed by atoms with Crippen molar-refractivity contribution in [3.63, 3.8) is 0 Å². The lowest BCUT2D eigenvalue weighted by Gasteiger charge is -2.42. The smallest absolute Gasteiger partial charge is 0.387 e. The van der Waals surface area contributed by atoms with Gasteiger partial charge in [-0.3, -0.25) is 14.0 Å². The quantitative estimate of drug-likeness (QED) is 0.183. The number of likely N-dealkylation sites (tertiary alicyclic amines) is 1. The second-order valence-electron chi connectivity index (χ2n) is 13.1. The molecule has 50 heavy (non-hydrogen) atoms. The van der Waals surface area contributed by atoms with Gasteiger partial charge in [0, 0.05) is 80.7 Å². The number of nitrogens with zero attached hydrogens (tertiary/aromatic N) is 6. The SMILES string of the molecule is CCc1cc(Nc2nccn3c(-c4ccc(OC(F)F)c(F)c4F)cnc23)ccc1C(=O)N1CCN(C(=O)C2CC[N+](C)(CCN)CC2)CC1. The molecule has 3 N–H and O–H groups in total. The van der Waals surface area contributed by atoms with Gasteiger partial charge in [0.05, 0.1) is 38.6 Å². The number of fused-ring (bicyclic) bond motifs is 1. The number of piperazine rings is 1. The molecule has 0 unspecified atom stereocenters. The number of quaternary nitrogens is 1. The zero-order valence-electron chi connectivity index (χ0n) is 28.0. The second-order valence-corrected chi connectivity index (χ2v) is 13.1. The van der Waals surface area contributed by atoms with E-state index in [1.165, 1.54) is 23.0 Å². The van der Waals surface area contributed by atoms with E-state index < -0.39 is 24.0 Å². The Labute approximate surface area is 287 Å². The highest BCUT2D eigenvalue weighted by Crippen LogP contribution is 2.33. The number of aromatic nitrogens is 3. The van der Waals surface area contributed by atoms with E-state index in [0.29, 0.717) is 61.9 Å². The molecule has 0 atom stereocenters. The van der Waals surface area contributed by atoms with E-state index >= 15 is 0 Å². The van der Waals surface area contributed by atoms with E-state index in [4.69, 9.17) is 5.73 Å². The number of amides is 2. The summed E-state index contributed by atoms with van der Waals surface area (Å²) in [6.45, 7) is 4.04. The second kappa shape index (κ2) is 14.6. The summed E-state index contributed by atoms with van der Waals surface area (Å²) in [7, 11) is 2.20. The Morgan fingerprint density at radius 1 is 1.04 bits per heavy atom. The average Bonchev–Trinajstić information content (AvgIpc) is 3.55. The van der Waals surface area contributed by atoms with Gasteiger partial charge in [-0.1, -0.05) is 6.92 Å². The first-order chi connectivity index (χ1) is 24.0. The molecule has 2 fully saturated rings. The van der Waals surface area contributed by atoms with Crippen LogP contribution in [-0.2, 0) is 11.2 Å². The van der Waals surface area contributed by atoms with Gasteiger partial charge in [0.2, 0.25) is 11.7 Å². The molecule has 0 saturated carbocycles. The van der Waals surface area contributed by atoms with Crippen molar-refractivity contribution in [2.24, 2.45) is 11.7 Å². The van der Waals surface area contributed by atoms with Gasteiger partial charge in [-0.05, 0) is 42.3 Å². The number of rotatable bonds is 10. The molecule has 11 nitrogen and oxygen atoms in total. The van der Waals surface area contributed by atoms with Crippen LogP contribution in [0.2, 0.25) is 0 Å². The molecule has 4 heterocycles. The Morgan fingerprint density at radius 2 is 1.76 bits per heavy atom. The van der Waals surface area contributed by atoms with Gasteiger partial charge >= 0.3 is 6.61 Å². The molecule has 0 spiro atoms. The largest absolute Gasteiger partial charge is 0.432 e. The van der Waals surface area contributed by atoms with Crippen LogP contribution in [0.4, 0.5) is 29.1 Å². The van der Waals surface area contributed by atoms with Crippen molar-refractivity contribution in [1.82, 2.24) is 24.2 Å². The number of aryl methyl sites for hydroxylation is 1. The number of ether oxygens (including phenoxy) is 1. The van der Waals surface area contributed by atoms with Crippen molar-refractivity contribution in [2.45, 2.75) is 32.8 Å². The third-order valence-electron chi connectivity index (χ3n) is 9.88. The average molecular weight is 698 g/mol. The van der Waals surface area contributed by atoms with Gasteiger partial charge in [0.1, 0.15) is 0 Å². The minimum Gasteiger partial charge on any atom is -0.432 e. The van der Waals surface area contributed by atoms with Crippen LogP contribution in [0.1, 0.15) is 35.7 Å². The Kier molecular flexibility index (Phi) is 10.3. The lowest BCUT2D eigenvalue weighted by atomic mass is 9.93. The van der Waals surface area contributed by atoms with E-state index in [0.717, 1.165) is 54.7 Å². The first kappa shape index (κ1) is 35.1. The van der Waals surface area contributed by atoms with Crippen LogP contribution in [0.25, 0.3) is 16.9 Å². The fourth-order valence-electron chi connectivity index (χ4n) is 6.96. The molecule has 4 aromatic rings. The Bertz CT molecular complexity index is 1870. The lowest BCUT2D eigenvalue weighted by Crippen LogP contribution is -2.56. The molecule has 2 aliphatic rings. The summed E-state index contributed by atoms with van der Waals surface area (Å²) in [5, 5.41) is 3.21. The topological polar surface area (TPSA) is 118 Å². The first-order valence-corrected chi connectivity index (χ1v) is 16.8. The zero-order valence-corrected chi connectivity index (χ0v) is 28.0. The predicted molar refractivity (Wildman–Crippen MR) is 179 cm³/mol. The Morgan fingerprint density at radius 3 is 2.44 bits per heavy atom. The third-order valence-corrected chi connectivity index (χ3v) is 9.88. The molecule has 0 aliphatic carbocycles.